The molecular weight excluding hydrogens is 550 g/mol. The van der Waals surface area contributed by atoms with Crippen LogP contribution in [0.3, 0.4) is 0 Å². The van der Waals surface area contributed by atoms with Gasteiger partial charge in [-0.15, -0.1) is 0 Å². The van der Waals surface area contributed by atoms with E-state index in [-0.39, 0.29) is 15.8 Å². The Bertz CT molecular complexity index is 1640. The summed E-state index contributed by atoms with van der Waals surface area (Å²) in [4.78, 5) is 54.2. The van der Waals surface area contributed by atoms with Crippen LogP contribution in [0.5, 0.6) is 0 Å². The van der Waals surface area contributed by atoms with E-state index < -0.39 is 54.7 Å². The van der Waals surface area contributed by atoms with Crippen molar-refractivity contribution in [2.75, 3.05) is 6.61 Å². The number of hydrogen-bond donors (Lipinski definition) is 1. The van der Waals surface area contributed by atoms with Gasteiger partial charge in [0.2, 0.25) is 0 Å². The maximum Gasteiger partial charge on any atom is 0.345 e. The van der Waals surface area contributed by atoms with Gasteiger partial charge in [-0.05, 0) is 36.4 Å². The molecule has 1 aliphatic rings. The number of nitrogens with one attached hydrogen (secondary N) is 1. The Morgan fingerprint density at radius 3 is 1.78 bits per heavy atom. The van der Waals surface area contributed by atoms with E-state index in [2.05, 4.69) is 10.1 Å². The van der Waals surface area contributed by atoms with Gasteiger partial charge in [-0.1, -0.05) is 66.8 Å². The molecule has 1 fully saturated rings. The molecule has 0 amide bonds. The summed E-state index contributed by atoms with van der Waals surface area (Å²) in [5.74, 6) is -2.15. The van der Waals surface area contributed by atoms with Crippen LogP contribution in [0, 0.1) is 4.64 Å². The minimum atomic E-state index is -1.37. The average Bonchev–Trinajstić information content (AvgIpc) is 3.33. The maximum atomic E-state index is 13.1. The highest BCUT2D eigenvalue weighted by Crippen LogP contribution is 2.34. The number of aromatic amines is 1. The van der Waals surface area contributed by atoms with Crippen molar-refractivity contribution in [2.24, 2.45) is 0 Å². The summed E-state index contributed by atoms with van der Waals surface area (Å²) >= 11 is 4.99. The summed E-state index contributed by atoms with van der Waals surface area (Å²) in [7, 11) is 0. The van der Waals surface area contributed by atoms with E-state index in [1.165, 1.54) is 6.20 Å². The third-order valence-electron chi connectivity index (χ3n) is 6.16. The molecule has 1 saturated heterocycles. The molecule has 0 unspecified atom stereocenters. The van der Waals surface area contributed by atoms with Crippen molar-refractivity contribution in [3.63, 3.8) is 0 Å². The van der Waals surface area contributed by atoms with Crippen molar-refractivity contribution in [1.82, 2.24) is 14.8 Å². The number of nitrogens with zero attached hydrogens (tertiary/aromatic N) is 2. The number of rotatable bonds is 8. The molecule has 5 rings (SSSR count). The maximum absolute atomic E-state index is 13.1. The van der Waals surface area contributed by atoms with Crippen LogP contribution >= 0.6 is 12.2 Å². The fourth-order valence-electron chi connectivity index (χ4n) is 4.20. The lowest BCUT2D eigenvalue weighted by atomic mass is 10.1. The smallest absolute Gasteiger partial charge is 0.345 e. The van der Waals surface area contributed by atoms with E-state index in [0.29, 0.717) is 5.56 Å². The zero-order valence-corrected chi connectivity index (χ0v) is 22.1. The van der Waals surface area contributed by atoms with Crippen LogP contribution in [0.2, 0.25) is 0 Å². The van der Waals surface area contributed by atoms with Crippen LogP contribution < -0.4 is 5.69 Å². The van der Waals surface area contributed by atoms with Gasteiger partial charge in [0.25, 0.3) is 0 Å². The number of benzene rings is 3. The molecule has 0 spiro atoms. The summed E-state index contributed by atoms with van der Waals surface area (Å²) in [6.07, 6.45) is -3.97. The van der Waals surface area contributed by atoms with Crippen LogP contribution in [0.1, 0.15) is 37.3 Å². The Morgan fingerprint density at radius 1 is 0.780 bits per heavy atom. The highest BCUT2D eigenvalue weighted by atomic mass is 32.1. The average molecular weight is 574 g/mol. The van der Waals surface area contributed by atoms with Gasteiger partial charge < -0.3 is 18.9 Å². The normalized spacial score (nSPS) is 19.7. The van der Waals surface area contributed by atoms with Crippen LogP contribution in [0.4, 0.5) is 0 Å². The first-order valence-corrected chi connectivity index (χ1v) is 12.9. The monoisotopic (exact) mass is 573 g/mol. The number of carbonyl (C=O) groups excluding carboxylic acids is 3. The first-order valence-electron chi connectivity index (χ1n) is 12.5. The lowest BCUT2D eigenvalue weighted by Gasteiger charge is -2.24. The quantitative estimate of drug-likeness (QED) is 0.189. The first-order chi connectivity index (χ1) is 19.9. The molecule has 12 heteroatoms. The molecule has 3 aromatic carbocycles. The van der Waals surface area contributed by atoms with E-state index in [0.717, 1.165) is 4.68 Å². The SMILES string of the molecule is O=C(OC[C@H]1O[C@H](n2ncc(=S)[nH]c2=O)[C@@H](OC(=O)c2ccccc2)[C@H]1OC(=O)c1ccccc1)c1ccccc1. The lowest BCUT2D eigenvalue weighted by Crippen LogP contribution is -2.43. The largest absolute Gasteiger partial charge is 0.459 e. The Kier molecular flexibility index (Phi) is 8.42. The molecule has 1 aromatic heterocycles. The molecule has 4 atom stereocenters. The van der Waals surface area contributed by atoms with Gasteiger partial charge in [0, 0.05) is 0 Å². The summed E-state index contributed by atoms with van der Waals surface area (Å²) in [6.45, 7) is -0.395. The van der Waals surface area contributed by atoms with Gasteiger partial charge in [0.05, 0.1) is 22.9 Å². The van der Waals surface area contributed by atoms with Gasteiger partial charge in [-0.2, -0.15) is 9.78 Å². The van der Waals surface area contributed by atoms with Crippen molar-refractivity contribution in [2.45, 2.75) is 24.5 Å². The molecule has 4 aromatic rings. The van der Waals surface area contributed by atoms with Crippen molar-refractivity contribution < 1.29 is 33.3 Å². The molecule has 11 nitrogen and oxygen atoms in total. The summed E-state index contributed by atoms with van der Waals surface area (Å²) in [6, 6.07) is 24.5. The van der Waals surface area contributed by atoms with Gasteiger partial charge in [0.15, 0.2) is 18.4 Å². The predicted molar refractivity (Wildman–Crippen MR) is 146 cm³/mol. The van der Waals surface area contributed by atoms with Gasteiger partial charge in [-0.3, -0.25) is 4.98 Å². The second-order valence-electron chi connectivity index (χ2n) is 8.89. The molecule has 1 N–H and O–H groups in total. The minimum absolute atomic E-state index is 0.0717. The van der Waals surface area contributed by atoms with Gasteiger partial charge in [0.1, 0.15) is 17.4 Å². The Morgan fingerprint density at radius 2 is 1.27 bits per heavy atom. The van der Waals surface area contributed by atoms with Crippen molar-refractivity contribution >= 4 is 30.1 Å². The highest BCUT2D eigenvalue weighted by molar-refractivity contribution is 7.71. The third kappa shape index (κ3) is 6.45. The summed E-state index contributed by atoms with van der Waals surface area (Å²) in [5, 5.41) is 4.04. The van der Waals surface area contributed by atoms with Crippen molar-refractivity contribution in [3.8, 4) is 0 Å². The van der Waals surface area contributed by atoms with Crippen LogP contribution in [-0.4, -0.2) is 57.6 Å². The standard InChI is InChI=1S/C29H23N3O8S/c33-26(18-10-4-1-5-11-18)37-17-21-23(39-27(34)19-12-6-2-7-13-19)24(40-28(35)20-14-8-3-9-15-20)25(38-21)32-29(36)31-22(41)16-30-32/h1-16,21,23-25H,17H2,(H,31,36,41)/t21-,23+,24+,25+/m1/s1. The fourth-order valence-corrected chi connectivity index (χ4v) is 4.33. The van der Waals surface area contributed by atoms with E-state index >= 15 is 0 Å². The fraction of sp³-hybridized carbons (Fsp3) is 0.172. The number of ether oxygens (including phenoxy) is 4. The predicted octanol–water partition coefficient (Wildman–Crippen LogP) is 3.51. The van der Waals surface area contributed by atoms with E-state index in [9.17, 15) is 19.2 Å². The molecule has 208 valence electrons. The topological polar surface area (TPSA) is 139 Å². The highest BCUT2D eigenvalue weighted by Gasteiger charge is 2.52. The van der Waals surface area contributed by atoms with E-state index in [1.54, 1.807) is 91.0 Å². The van der Waals surface area contributed by atoms with Crippen molar-refractivity contribution in [3.05, 3.63) is 129 Å². The van der Waals surface area contributed by atoms with Crippen LogP contribution in [0.15, 0.2) is 102 Å². The zero-order valence-electron chi connectivity index (χ0n) is 21.3. The van der Waals surface area contributed by atoms with Gasteiger partial charge >= 0.3 is 23.6 Å². The minimum Gasteiger partial charge on any atom is -0.459 e. The number of hydrogen-bond acceptors (Lipinski definition) is 10. The summed E-state index contributed by atoms with van der Waals surface area (Å²) in [5.41, 5.74) is -0.0203. The van der Waals surface area contributed by atoms with Crippen molar-refractivity contribution in [1.29, 1.82) is 0 Å². The molecule has 0 radical (unpaired) electrons. The van der Waals surface area contributed by atoms with Crippen LogP contribution in [-0.2, 0) is 18.9 Å². The Hall–Kier alpha value is -4.94. The number of carbonyl (C=O) groups is 3. The first kappa shape index (κ1) is 27.6. The molecule has 0 bridgehead atoms. The zero-order chi connectivity index (χ0) is 28.8. The molecular formula is C29H23N3O8S. The molecule has 1 aliphatic heterocycles. The molecule has 0 saturated carbocycles. The summed E-state index contributed by atoms with van der Waals surface area (Å²) < 4.78 is 24.1. The second-order valence-corrected chi connectivity index (χ2v) is 9.32. The van der Waals surface area contributed by atoms with E-state index in [4.69, 9.17) is 31.2 Å². The Labute approximate surface area is 238 Å². The van der Waals surface area contributed by atoms with Crippen LogP contribution in [0.25, 0.3) is 0 Å². The molecule has 41 heavy (non-hydrogen) atoms. The third-order valence-corrected chi connectivity index (χ3v) is 6.37. The molecule has 0 aliphatic carbocycles. The second kappa shape index (κ2) is 12.5. The van der Waals surface area contributed by atoms with E-state index in [1.807, 2.05) is 0 Å². The molecule has 2 heterocycles. The van der Waals surface area contributed by atoms with Gasteiger partial charge in [-0.25, -0.2) is 19.2 Å². The number of aromatic nitrogens is 3. The number of esters is 3. The lowest BCUT2D eigenvalue weighted by molar-refractivity contribution is -0.0699. The Balaban J connectivity index is 1.50. The number of H-pyrrole nitrogens is 1.